The first kappa shape index (κ1) is 24.3. The molecule has 10 heteroatoms. The topological polar surface area (TPSA) is 113 Å². The lowest BCUT2D eigenvalue weighted by Crippen LogP contribution is -2.32. The first-order valence-electron chi connectivity index (χ1n) is 10.9. The first-order valence-corrected chi connectivity index (χ1v) is 12.4. The fraction of sp³-hybridized carbons (Fsp3) is 0.240. The second-order valence-corrected chi connectivity index (χ2v) is 10.6. The van der Waals surface area contributed by atoms with Crippen molar-refractivity contribution in [3.63, 3.8) is 0 Å². The van der Waals surface area contributed by atoms with E-state index in [9.17, 15) is 27.2 Å². The fourth-order valence-corrected chi connectivity index (χ4v) is 5.01. The Bertz CT molecular complexity index is 1420. The van der Waals surface area contributed by atoms with Gasteiger partial charge in [-0.05, 0) is 50.2 Å². The minimum atomic E-state index is -4.05. The number of carbonyl (C=O) groups excluding carboxylic acids is 3. The van der Waals surface area contributed by atoms with E-state index in [1.807, 2.05) is 0 Å². The monoisotopic (exact) mass is 497 g/mol. The van der Waals surface area contributed by atoms with E-state index in [-0.39, 0.29) is 35.2 Å². The van der Waals surface area contributed by atoms with E-state index in [1.165, 1.54) is 44.2 Å². The number of hydrogen-bond acceptors (Lipinski definition) is 5. The average molecular weight is 498 g/mol. The lowest BCUT2D eigenvalue weighted by atomic mass is 9.94. The summed E-state index contributed by atoms with van der Waals surface area (Å²) >= 11 is 0. The molecule has 1 aliphatic rings. The van der Waals surface area contributed by atoms with Gasteiger partial charge in [-0.1, -0.05) is 24.3 Å². The zero-order chi connectivity index (χ0) is 25.4. The van der Waals surface area contributed by atoms with Gasteiger partial charge in [0.05, 0.1) is 16.0 Å². The Morgan fingerprint density at radius 3 is 2.11 bits per heavy atom. The normalized spacial score (nSPS) is 14.4. The van der Waals surface area contributed by atoms with Crippen molar-refractivity contribution in [2.24, 2.45) is 5.41 Å². The van der Waals surface area contributed by atoms with Crippen LogP contribution in [0.2, 0.25) is 0 Å². The van der Waals surface area contributed by atoms with Gasteiger partial charge in [-0.25, -0.2) is 17.7 Å². The van der Waals surface area contributed by atoms with Crippen LogP contribution in [0.1, 0.15) is 26.7 Å². The molecule has 0 radical (unpaired) electrons. The van der Waals surface area contributed by atoms with E-state index < -0.39 is 28.0 Å². The van der Waals surface area contributed by atoms with Crippen LogP contribution in [0.5, 0.6) is 0 Å². The minimum absolute atomic E-state index is 0.0157. The van der Waals surface area contributed by atoms with Crippen LogP contribution in [0.4, 0.5) is 21.5 Å². The maximum Gasteiger partial charge on any atom is 0.262 e. The summed E-state index contributed by atoms with van der Waals surface area (Å²) in [6.45, 7) is 2.15. The van der Waals surface area contributed by atoms with Gasteiger partial charge in [0.1, 0.15) is 6.67 Å². The molecule has 0 atom stereocenters. The van der Waals surface area contributed by atoms with Crippen LogP contribution in [0, 0.1) is 5.41 Å². The van der Waals surface area contributed by atoms with Crippen molar-refractivity contribution in [3.05, 3.63) is 60.7 Å². The van der Waals surface area contributed by atoms with Gasteiger partial charge in [0.2, 0.25) is 17.7 Å². The number of imide groups is 1. The molecule has 182 valence electrons. The molecule has 1 saturated heterocycles. The van der Waals surface area contributed by atoms with E-state index in [0.717, 1.165) is 4.90 Å². The Morgan fingerprint density at radius 1 is 0.914 bits per heavy atom. The number of halogens is 1. The van der Waals surface area contributed by atoms with Gasteiger partial charge in [-0.2, -0.15) is 0 Å². The lowest BCUT2D eigenvalue weighted by molar-refractivity contribution is -0.125. The summed E-state index contributed by atoms with van der Waals surface area (Å²) in [6.07, 6.45) is 0.243. The Balaban J connectivity index is 1.62. The largest absolute Gasteiger partial charge is 0.326 e. The standard InChI is InChI=1S/C25H24FN3O5S/c1-25(2,15-26)24(32)27-16-9-11-17(12-10-16)28-35(33,34)21-8-4-5-18-19(21)6-3-7-20(18)29-22(30)13-14-23(29)31/h3-12,28H,13-15H2,1-2H3,(H,27,32). The SMILES string of the molecule is CC(C)(CF)C(=O)Nc1ccc(NS(=O)(=O)c2cccc3c(N4C(=O)CCC4=O)cccc23)cc1. The summed E-state index contributed by atoms with van der Waals surface area (Å²) in [7, 11) is -4.05. The van der Waals surface area contributed by atoms with Crippen LogP contribution in [-0.4, -0.2) is 32.8 Å². The molecule has 0 saturated carbocycles. The summed E-state index contributed by atoms with van der Waals surface area (Å²) < 4.78 is 42.0. The molecular formula is C25H24FN3O5S. The van der Waals surface area contributed by atoms with E-state index >= 15 is 0 Å². The number of nitrogens with zero attached hydrogens (tertiary/aromatic N) is 1. The maximum absolute atomic E-state index is 13.2. The molecule has 3 amide bonds. The number of anilines is 3. The van der Waals surface area contributed by atoms with Crippen LogP contribution >= 0.6 is 0 Å². The highest BCUT2D eigenvalue weighted by Gasteiger charge is 2.32. The van der Waals surface area contributed by atoms with Crippen LogP contribution in [0.15, 0.2) is 65.6 Å². The number of nitrogens with one attached hydrogen (secondary N) is 2. The van der Waals surface area contributed by atoms with Gasteiger partial charge in [0.15, 0.2) is 0 Å². The molecule has 4 rings (SSSR count). The van der Waals surface area contributed by atoms with E-state index in [0.29, 0.717) is 22.1 Å². The van der Waals surface area contributed by atoms with Gasteiger partial charge in [-0.3, -0.25) is 19.1 Å². The van der Waals surface area contributed by atoms with Crippen molar-refractivity contribution < 1.29 is 27.2 Å². The smallest absolute Gasteiger partial charge is 0.262 e. The number of alkyl halides is 1. The summed E-state index contributed by atoms with van der Waals surface area (Å²) in [6, 6.07) is 15.5. The highest BCUT2D eigenvalue weighted by molar-refractivity contribution is 7.93. The van der Waals surface area contributed by atoms with Crippen molar-refractivity contribution in [2.45, 2.75) is 31.6 Å². The first-order chi connectivity index (χ1) is 16.5. The predicted octanol–water partition coefficient (Wildman–Crippen LogP) is 4.23. The molecule has 3 aromatic rings. The van der Waals surface area contributed by atoms with Gasteiger partial charge in [0, 0.05) is 35.0 Å². The number of fused-ring (bicyclic) bond motifs is 1. The third-order valence-electron chi connectivity index (χ3n) is 5.78. The van der Waals surface area contributed by atoms with Gasteiger partial charge in [0.25, 0.3) is 10.0 Å². The van der Waals surface area contributed by atoms with Crippen molar-refractivity contribution in [2.75, 3.05) is 21.6 Å². The molecular weight excluding hydrogens is 473 g/mol. The molecule has 1 fully saturated rings. The van der Waals surface area contributed by atoms with Crippen molar-refractivity contribution in [1.29, 1.82) is 0 Å². The number of sulfonamides is 1. The van der Waals surface area contributed by atoms with Gasteiger partial charge in [-0.15, -0.1) is 0 Å². The minimum Gasteiger partial charge on any atom is -0.326 e. The molecule has 0 aromatic heterocycles. The second kappa shape index (κ2) is 9.10. The molecule has 0 aliphatic carbocycles. The third-order valence-corrected chi connectivity index (χ3v) is 7.22. The van der Waals surface area contributed by atoms with Crippen LogP contribution in [-0.2, 0) is 24.4 Å². The highest BCUT2D eigenvalue weighted by atomic mass is 32.2. The molecule has 1 heterocycles. The summed E-state index contributed by atoms with van der Waals surface area (Å²) in [5.74, 6) is -1.14. The number of carbonyl (C=O) groups is 3. The quantitative estimate of drug-likeness (QED) is 0.475. The Labute approximate surface area is 202 Å². The number of benzene rings is 3. The molecule has 3 aromatic carbocycles. The Morgan fingerprint density at radius 2 is 1.49 bits per heavy atom. The zero-order valence-corrected chi connectivity index (χ0v) is 20.0. The maximum atomic E-state index is 13.2. The predicted molar refractivity (Wildman–Crippen MR) is 131 cm³/mol. The van der Waals surface area contributed by atoms with E-state index in [1.54, 1.807) is 30.3 Å². The van der Waals surface area contributed by atoms with Crippen molar-refractivity contribution in [1.82, 2.24) is 0 Å². The Hall–Kier alpha value is -3.79. The van der Waals surface area contributed by atoms with Gasteiger partial charge < -0.3 is 5.32 Å². The Kier molecular flexibility index (Phi) is 6.33. The molecule has 0 bridgehead atoms. The van der Waals surface area contributed by atoms with Crippen molar-refractivity contribution >= 4 is 55.6 Å². The highest BCUT2D eigenvalue weighted by Crippen LogP contribution is 2.34. The second-order valence-electron chi connectivity index (χ2n) is 8.91. The van der Waals surface area contributed by atoms with Crippen LogP contribution in [0.25, 0.3) is 10.8 Å². The molecule has 35 heavy (non-hydrogen) atoms. The molecule has 2 N–H and O–H groups in total. The third kappa shape index (κ3) is 4.74. The summed E-state index contributed by atoms with van der Waals surface area (Å²) in [5.41, 5.74) is -0.180. The molecule has 0 spiro atoms. The molecule has 8 nitrogen and oxygen atoms in total. The van der Waals surface area contributed by atoms with E-state index in [2.05, 4.69) is 10.0 Å². The zero-order valence-electron chi connectivity index (χ0n) is 19.2. The lowest BCUT2D eigenvalue weighted by Gasteiger charge is -2.19. The van der Waals surface area contributed by atoms with Gasteiger partial charge >= 0.3 is 0 Å². The molecule has 0 unspecified atom stereocenters. The summed E-state index contributed by atoms with van der Waals surface area (Å²) in [4.78, 5) is 37.7. The number of hydrogen-bond donors (Lipinski definition) is 2. The average Bonchev–Trinajstić information content (AvgIpc) is 3.16. The van der Waals surface area contributed by atoms with Crippen molar-refractivity contribution in [3.8, 4) is 0 Å². The molecule has 1 aliphatic heterocycles. The van der Waals surface area contributed by atoms with Crippen LogP contribution < -0.4 is 14.9 Å². The van der Waals surface area contributed by atoms with E-state index in [4.69, 9.17) is 0 Å². The van der Waals surface area contributed by atoms with Crippen LogP contribution in [0.3, 0.4) is 0 Å². The number of rotatable bonds is 7. The number of amides is 3. The summed E-state index contributed by atoms with van der Waals surface area (Å²) in [5, 5.41) is 3.43. The fourth-order valence-electron chi connectivity index (χ4n) is 3.73.